The zero-order valence-electron chi connectivity index (χ0n) is 17.8. The number of likely N-dealkylation sites (tertiary alicyclic amines) is 1. The first-order valence-electron chi connectivity index (χ1n) is 11.0. The van der Waals surface area contributed by atoms with Gasteiger partial charge in [0.15, 0.2) is 0 Å². The van der Waals surface area contributed by atoms with Gasteiger partial charge in [0.2, 0.25) is 0 Å². The van der Waals surface area contributed by atoms with Gasteiger partial charge in [-0.3, -0.25) is 0 Å². The van der Waals surface area contributed by atoms with E-state index in [9.17, 15) is 0 Å². The number of thioether (sulfide) groups is 1. The van der Waals surface area contributed by atoms with Crippen LogP contribution in [0.25, 0.3) is 0 Å². The maximum Gasteiger partial charge on any atom is 0.118 e. The van der Waals surface area contributed by atoms with Crippen molar-refractivity contribution in [3.63, 3.8) is 0 Å². The Kier molecular flexibility index (Phi) is 9.91. The summed E-state index contributed by atoms with van der Waals surface area (Å²) in [6.07, 6.45) is 5.21. The lowest BCUT2D eigenvalue weighted by Gasteiger charge is -2.32. The predicted octanol–water partition coefficient (Wildman–Crippen LogP) is 4.86. The molecule has 158 valence electrons. The molecule has 0 saturated carbocycles. The lowest BCUT2D eigenvalue weighted by Crippen LogP contribution is -2.36. The summed E-state index contributed by atoms with van der Waals surface area (Å²) < 4.78 is 5.20. The zero-order valence-corrected chi connectivity index (χ0v) is 18.6. The average molecular weight is 413 g/mol. The molecule has 4 heteroatoms. The van der Waals surface area contributed by atoms with Crippen LogP contribution in [0.3, 0.4) is 0 Å². The van der Waals surface area contributed by atoms with Crippen LogP contribution in [0.2, 0.25) is 0 Å². The van der Waals surface area contributed by atoms with Gasteiger partial charge in [-0.15, -0.1) is 0 Å². The molecule has 0 radical (unpaired) electrons. The first kappa shape index (κ1) is 22.2. The number of methoxy groups -OCH3 is 1. The van der Waals surface area contributed by atoms with Crippen LogP contribution in [-0.4, -0.2) is 50.5 Å². The standard InChI is InChI=1S/C25H36N2OS/c1-28-25-10-8-24(9-11-25)21-29-19-15-26-14-5-16-27-17-12-23(13-18-27)20-22-6-3-2-4-7-22/h2-4,6-11,23,26H,5,12-21H2,1H3. The van der Waals surface area contributed by atoms with Crippen LogP contribution >= 0.6 is 11.8 Å². The van der Waals surface area contributed by atoms with Gasteiger partial charge in [0.05, 0.1) is 7.11 Å². The fourth-order valence-corrected chi connectivity index (χ4v) is 4.83. The van der Waals surface area contributed by atoms with Gasteiger partial charge in [-0.2, -0.15) is 11.8 Å². The van der Waals surface area contributed by atoms with Crippen molar-refractivity contribution in [1.82, 2.24) is 10.2 Å². The number of hydrogen-bond donors (Lipinski definition) is 1. The molecule has 29 heavy (non-hydrogen) atoms. The quantitative estimate of drug-likeness (QED) is 0.503. The summed E-state index contributed by atoms with van der Waals surface area (Å²) in [5, 5.41) is 3.60. The summed E-state index contributed by atoms with van der Waals surface area (Å²) in [4.78, 5) is 2.65. The molecule has 3 rings (SSSR count). The smallest absolute Gasteiger partial charge is 0.118 e. The Morgan fingerprint density at radius 1 is 0.966 bits per heavy atom. The van der Waals surface area contributed by atoms with Crippen LogP contribution in [0, 0.1) is 5.92 Å². The lowest BCUT2D eigenvalue weighted by molar-refractivity contribution is 0.182. The molecule has 0 atom stereocenters. The highest BCUT2D eigenvalue weighted by Gasteiger charge is 2.18. The maximum atomic E-state index is 5.20. The van der Waals surface area contributed by atoms with Gasteiger partial charge >= 0.3 is 0 Å². The van der Waals surface area contributed by atoms with E-state index < -0.39 is 0 Å². The van der Waals surface area contributed by atoms with Crippen molar-refractivity contribution < 1.29 is 4.74 Å². The van der Waals surface area contributed by atoms with E-state index in [4.69, 9.17) is 4.74 Å². The van der Waals surface area contributed by atoms with Gasteiger partial charge in [0.1, 0.15) is 5.75 Å². The fraction of sp³-hybridized carbons (Fsp3) is 0.520. The van der Waals surface area contributed by atoms with Gasteiger partial charge in [-0.1, -0.05) is 42.5 Å². The Balaban J connectivity index is 1.16. The van der Waals surface area contributed by atoms with Gasteiger partial charge in [0, 0.05) is 18.1 Å². The van der Waals surface area contributed by atoms with Gasteiger partial charge in [-0.05, 0) is 81.0 Å². The summed E-state index contributed by atoms with van der Waals surface area (Å²) in [7, 11) is 1.71. The topological polar surface area (TPSA) is 24.5 Å². The number of hydrogen-bond acceptors (Lipinski definition) is 4. The number of piperidine rings is 1. The maximum absolute atomic E-state index is 5.20. The summed E-state index contributed by atoms with van der Waals surface area (Å²) in [6.45, 7) is 6.02. The van der Waals surface area contributed by atoms with Crippen molar-refractivity contribution in [2.45, 2.75) is 31.4 Å². The summed E-state index contributed by atoms with van der Waals surface area (Å²) in [5.74, 6) is 4.04. The largest absolute Gasteiger partial charge is 0.497 e. The van der Waals surface area contributed by atoms with Crippen molar-refractivity contribution in [1.29, 1.82) is 0 Å². The molecule has 1 aliphatic rings. The monoisotopic (exact) mass is 412 g/mol. The third-order valence-corrected chi connectivity index (χ3v) is 6.78. The lowest BCUT2D eigenvalue weighted by atomic mass is 9.90. The molecule has 1 N–H and O–H groups in total. The molecule has 2 aromatic rings. The molecule has 0 unspecified atom stereocenters. The molecule has 0 amide bonds. The van der Waals surface area contributed by atoms with Gasteiger partial charge in [0.25, 0.3) is 0 Å². The molecular formula is C25H36N2OS. The second-order valence-electron chi connectivity index (χ2n) is 7.98. The molecule has 1 fully saturated rings. The second-order valence-corrected chi connectivity index (χ2v) is 9.08. The normalized spacial score (nSPS) is 15.5. The second kappa shape index (κ2) is 12.9. The van der Waals surface area contributed by atoms with Crippen molar-refractivity contribution in [2.24, 2.45) is 5.92 Å². The van der Waals surface area contributed by atoms with Crippen molar-refractivity contribution in [2.75, 3.05) is 45.6 Å². The summed E-state index contributed by atoms with van der Waals surface area (Å²) >= 11 is 1.99. The van der Waals surface area contributed by atoms with Crippen molar-refractivity contribution >= 4 is 11.8 Å². The van der Waals surface area contributed by atoms with Crippen LogP contribution in [0.4, 0.5) is 0 Å². The van der Waals surface area contributed by atoms with Crippen LogP contribution in [0.1, 0.15) is 30.4 Å². The molecule has 0 bridgehead atoms. The van der Waals surface area contributed by atoms with Crippen LogP contribution in [0.5, 0.6) is 5.75 Å². The number of ether oxygens (including phenoxy) is 1. The molecule has 1 heterocycles. The van der Waals surface area contributed by atoms with E-state index in [1.807, 2.05) is 23.9 Å². The van der Waals surface area contributed by atoms with Crippen LogP contribution < -0.4 is 10.1 Å². The van der Waals surface area contributed by atoms with E-state index in [-0.39, 0.29) is 0 Å². The number of nitrogens with one attached hydrogen (secondary N) is 1. The average Bonchev–Trinajstić information content (AvgIpc) is 2.78. The van der Waals surface area contributed by atoms with E-state index in [1.165, 1.54) is 56.4 Å². The summed E-state index contributed by atoms with van der Waals surface area (Å²) in [6, 6.07) is 19.4. The Hall–Kier alpha value is -1.49. The molecule has 0 spiro atoms. The van der Waals surface area contributed by atoms with Crippen LogP contribution in [0.15, 0.2) is 54.6 Å². The molecule has 0 aromatic heterocycles. The van der Waals surface area contributed by atoms with Gasteiger partial charge in [-0.25, -0.2) is 0 Å². The van der Waals surface area contributed by atoms with Crippen molar-refractivity contribution in [3.8, 4) is 5.75 Å². The van der Waals surface area contributed by atoms with Crippen LogP contribution in [-0.2, 0) is 12.2 Å². The zero-order chi connectivity index (χ0) is 20.2. The van der Waals surface area contributed by atoms with Crippen molar-refractivity contribution in [3.05, 3.63) is 65.7 Å². The first-order chi connectivity index (χ1) is 14.3. The highest BCUT2D eigenvalue weighted by atomic mass is 32.2. The molecule has 1 aliphatic heterocycles. The first-order valence-corrected chi connectivity index (χ1v) is 12.2. The molecule has 0 aliphatic carbocycles. The van der Waals surface area contributed by atoms with E-state index in [0.29, 0.717) is 0 Å². The Labute approximate surface area is 181 Å². The van der Waals surface area contributed by atoms with E-state index in [0.717, 1.165) is 36.3 Å². The van der Waals surface area contributed by atoms with Gasteiger partial charge < -0.3 is 15.0 Å². The third-order valence-electron chi connectivity index (χ3n) is 5.75. The number of nitrogens with zero attached hydrogens (tertiary/aromatic N) is 1. The minimum Gasteiger partial charge on any atom is -0.497 e. The Morgan fingerprint density at radius 2 is 1.72 bits per heavy atom. The fourth-order valence-electron chi connectivity index (χ4n) is 3.97. The third kappa shape index (κ3) is 8.41. The Bertz CT molecular complexity index is 669. The van der Waals surface area contributed by atoms with E-state index in [1.54, 1.807) is 7.11 Å². The number of benzene rings is 2. The SMILES string of the molecule is COc1ccc(CSCCNCCCN2CCC(Cc3ccccc3)CC2)cc1. The highest BCUT2D eigenvalue weighted by Crippen LogP contribution is 2.21. The molecule has 2 aromatic carbocycles. The van der Waals surface area contributed by atoms with E-state index in [2.05, 4.69) is 52.7 Å². The molecular weight excluding hydrogens is 376 g/mol. The molecule has 1 saturated heterocycles. The minimum atomic E-state index is 0.870. The van der Waals surface area contributed by atoms with E-state index >= 15 is 0 Å². The predicted molar refractivity (Wildman–Crippen MR) is 126 cm³/mol. The Morgan fingerprint density at radius 3 is 2.45 bits per heavy atom. The molecule has 3 nitrogen and oxygen atoms in total. The minimum absolute atomic E-state index is 0.870. The highest BCUT2D eigenvalue weighted by molar-refractivity contribution is 7.98. The number of rotatable bonds is 12. The summed E-state index contributed by atoms with van der Waals surface area (Å²) in [5.41, 5.74) is 2.87.